The Hall–Kier alpha value is -9.24. The molecule has 9 saturated heterocycles. The lowest BCUT2D eigenvalue weighted by Gasteiger charge is -2.34. The third-order valence-corrected chi connectivity index (χ3v) is 23.2. The summed E-state index contributed by atoms with van der Waals surface area (Å²) >= 11 is 0. The van der Waals surface area contributed by atoms with Gasteiger partial charge in [0.05, 0.1) is 51.6 Å². The Morgan fingerprint density at radius 3 is 0.338 bits per heavy atom. The van der Waals surface area contributed by atoms with Crippen molar-refractivity contribution in [1.29, 1.82) is 0 Å². The highest BCUT2D eigenvalue weighted by Gasteiger charge is 2.31. The Kier molecular flexibility index (Phi) is 61.2. The van der Waals surface area contributed by atoms with E-state index in [0.717, 1.165) is 91.6 Å². The monoisotopic (exact) mass is 1840 g/mol. The van der Waals surface area contributed by atoms with Crippen molar-refractivity contribution in [2.75, 3.05) is 275 Å². The molecule has 0 aromatic heterocycles. The smallest absolute Gasteiger partial charge is 0.230 e. The molecule has 0 bridgehead atoms. The number of ketones is 8. The number of hydrogen-bond donors (Lipinski definition) is 0. The molecule has 9 rings (SSSR count). The zero-order valence-corrected chi connectivity index (χ0v) is 82.4. The van der Waals surface area contributed by atoms with Crippen molar-refractivity contribution in [1.82, 2.24) is 88.2 Å². The predicted molar refractivity (Wildman–Crippen MR) is 495 cm³/mol. The number of Topliss-reactive ketones (excluding diaryl/α,β-unsaturated/α-hetero) is 8. The highest BCUT2D eigenvalue weighted by Crippen LogP contribution is 2.14. The summed E-state index contributed by atoms with van der Waals surface area (Å²) in [5, 5.41) is 0. The molecule has 0 aromatic rings. The average Bonchev–Trinajstić information content (AvgIpc) is 0.870. The van der Waals surface area contributed by atoms with Crippen molar-refractivity contribution in [2.24, 2.45) is 0 Å². The molecular weight excluding hydrogens is 1680 g/mol. The Morgan fingerprint density at radius 1 is 0.138 bits per heavy atom. The van der Waals surface area contributed by atoms with Crippen molar-refractivity contribution < 1.29 is 95.9 Å². The molecular formula is C92H162N18O20. The standard InChI is InChI=1S/C12H18N2O4.3C11H18N2O3.3C10H18N2O2.C9H18N2O.C8H18N2/c1-9(15)7-11(17)13-3-5-14(6-4-13)12(18)8-10(2)16;1-9(14)7-11(16)13-5-3-12(4-6-13)8-10(2)15;2*1-3-10(15)12-4-6-13(7-5-12)11(16)8-9(2)14;1-3-11-4-6-12(7-5-11)10(14)8-9(2)13;1-3-10(14)12-6-4-11(5-7-12)8-9(2)13;1-3-9(13)11-5-7-12(8-6-11)10(14)4-2;1-3-9(12)11-7-5-10(4-2)6-8-11;1-3-9-5-7-10(4-2)8-6-9/h3-8H2,1-2H3;3*3-8H2,1-2H3;3*3-8H2,1-2H3;3-8H2,1-2H3;3-8H2,1-2H3. The van der Waals surface area contributed by atoms with Crippen molar-refractivity contribution in [3.05, 3.63) is 0 Å². The van der Waals surface area contributed by atoms with Gasteiger partial charge >= 0.3 is 0 Å². The van der Waals surface area contributed by atoms with Crippen LogP contribution >= 0.6 is 0 Å². The molecule has 0 spiro atoms. The molecule has 0 unspecified atom stereocenters. The Morgan fingerprint density at radius 2 is 0.238 bits per heavy atom. The minimum absolute atomic E-state index is 0.00723. The fourth-order valence-electron chi connectivity index (χ4n) is 15.1. The van der Waals surface area contributed by atoms with Crippen LogP contribution in [-0.4, -0.2) is 480 Å². The molecule has 0 saturated carbocycles. The van der Waals surface area contributed by atoms with E-state index in [1.807, 2.05) is 66.0 Å². The number of hydrogen-bond acceptors (Lipinski definition) is 26. The van der Waals surface area contributed by atoms with Gasteiger partial charge in [-0.2, -0.15) is 0 Å². The number of likely N-dealkylation sites (N-methyl/N-ethyl adjacent to an activating group) is 4. The van der Waals surface area contributed by atoms with Gasteiger partial charge in [-0.1, -0.05) is 69.2 Å². The van der Waals surface area contributed by atoms with E-state index in [1.165, 1.54) is 80.8 Å². The van der Waals surface area contributed by atoms with Crippen molar-refractivity contribution in [3.8, 4) is 0 Å². The van der Waals surface area contributed by atoms with Crippen molar-refractivity contribution in [3.63, 3.8) is 0 Å². The van der Waals surface area contributed by atoms with E-state index < -0.39 is 0 Å². The van der Waals surface area contributed by atoms with Crippen LogP contribution in [0.1, 0.15) is 202 Å². The summed E-state index contributed by atoms with van der Waals surface area (Å²) in [5.41, 5.74) is 0. The second-order valence-corrected chi connectivity index (χ2v) is 33.7. The molecule has 9 fully saturated rings. The molecule has 0 aliphatic carbocycles. The molecule has 0 N–H and O–H groups in total. The summed E-state index contributed by atoms with van der Waals surface area (Å²) in [6, 6.07) is 0. The van der Waals surface area contributed by atoms with Gasteiger partial charge in [0.1, 0.15) is 46.3 Å². The van der Waals surface area contributed by atoms with E-state index in [0.29, 0.717) is 188 Å². The van der Waals surface area contributed by atoms with E-state index in [4.69, 9.17) is 0 Å². The zero-order valence-electron chi connectivity index (χ0n) is 82.4. The zero-order chi connectivity index (χ0) is 98.1. The Balaban J connectivity index is 0.000000734. The van der Waals surface area contributed by atoms with Gasteiger partial charge in [-0.05, 0) is 81.6 Å². The molecule has 0 aromatic carbocycles. The lowest BCUT2D eigenvalue weighted by atomic mass is 10.2. The average molecular weight is 1840 g/mol. The van der Waals surface area contributed by atoms with Crippen LogP contribution in [0.3, 0.4) is 0 Å². The number of carbonyl (C=O) groups excluding carboxylic acids is 20. The highest BCUT2D eigenvalue weighted by atomic mass is 16.2. The van der Waals surface area contributed by atoms with Crippen LogP contribution in [0.5, 0.6) is 0 Å². The van der Waals surface area contributed by atoms with E-state index in [-0.39, 0.29) is 150 Å². The molecule has 9 aliphatic rings. The molecule has 130 heavy (non-hydrogen) atoms. The van der Waals surface area contributed by atoms with E-state index >= 15 is 0 Å². The first kappa shape index (κ1) is 119. The first-order chi connectivity index (χ1) is 61.5. The van der Waals surface area contributed by atoms with Gasteiger partial charge in [0.25, 0.3) is 0 Å². The maximum atomic E-state index is 11.6. The van der Waals surface area contributed by atoms with E-state index in [1.54, 1.807) is 53.0 Å². The third-order valence-electron chi connectivity index (χ3n) is 23.2. The van der Waals surface area contributed by atoms with Gasteiger partial charge in [0, 0.05) is 274 Å². The maximum Gasteiger partial charge on any atom is 0.230 e. The summed E-state index contributed by atoms with van der Waals surface area (Å²) < 4.78 is 0. The van der Waals surface area contributed by atoms with Gasteiger partial charge in [-0.15, -0.1) is 0 Å². The van der Waals surface area contributed by atoms with Gasteiger partial charge in [0.2, 0.25) is 70.9 Å². The Bertz CT molecular complexity index is 3440. The number of carbonyl (C=O) groups is 20. The van der Waals surface area contributed by atoms with Gasteiger partial charge < -0.3 is 78.4 Å². The summed E-state index contributed by atoms with van der Waals surface area (Å²) in [6.45, 7) is 64.3. The van der Waals surface area contributed by atoms with Crippen molar-refractivity contribution in [2.45, 2.75) is 202 Å². The van der Waals surface area contributed by atoms with Crippen LogP contribution in [0, 0.1) is 0 Å². The lowest BCUT2D eigenvalue weighted by molar-refractivity contribution is -0.142. The van der Waals surface area contributed by atoms with Crippen LogP contribution in [0.2, 0.25) is 0 Å². The molecule has 38 heteroatoms. The maximum absolute atomic E-state index is 11.6. The van der Waals surface area contributed by atoms with E-state index in [2.05, 4.69) is 52.2 Å². The molecule has 740 valence electrons. The number of rotatable bonds is 26. The number of amides is 12. The molecule has 12 amide bonds. The van der Waals surface area contributed by atoms with Gasteiger partial charge in [0.15, 0.2) is 0 Å². The number of piperazine rings is 9. The second-order valence-electron chi connectivity index (χ2n) is 33.7. The second kappa shape index (κ2) is 67.0. The first-order valence-electron chi connectivity index (χ1n) is 47.2. The largest absolute Gasteiger partial charge is 0.340 e. The predicted octanol–water partition coefficient (Wildman–Crippen LogP) is 1.35. The quantitative estimate of drug-likeness (QED) is 0.110. The van der Waals surface area contributed by atoms with Gasteiger partial charge in [-0.3, -0.25) is 106 Å². The van der Waals surface area contributed by atoms with Gasteiger partial charge in [-0.25, -0.2) is 0 Å². The van der Waals surface area contributed by atoms with E-state index in [9.17, 15) is 95.9 Å². The first-order valence-corrected chi connectivity index (χ1v) is 47.2. The normalized spacial score (nSPS) is 17.6. The van der Waals surface area contributed by atoms with Crippen LogP contribution < -0.4 is 0 Å². The van der Waals surface area contributed by atoms with Crippen molar-refractivity contribution >= 4 is 117 Å². The van der Waals surface area contributed by atoms with Crippen LogP contribution in [0.25, 0.3) is 0 Å². The summed E-state index contributed by atoms with van der Waals surface area (Å²) in [5.74, 6) is 0.0164. The minimum Gasteiger partial charge on any atom is -0.340 e. The number of nitrogens with zero attached hydrogens (tertiary/aromatic N) is 18. The SMILES string of the molecule is CC(=O)CC(=O)N1CCN(C(=O)CC(C)=O)CC1.CC(=O)CC(=O)N1CCN(CC(C)=O)CC1.CCC(=O)N1CCN(C(=O)CC(C)=O)CC1.CCC(=O)N1CCN(C(=O)CC(C)=O)CC1.CCC(=O)N1CCN(C(=O)CC)CC1.CCC(=O)N1CCN(CC(C)=O)CC1.CCC(=O)N1CCN(CC)CC1.CCN1CCN(C(=O)CC(C)=O)CC1.CCN1CCN(CC)CC1. The molecule has 0 radical (unpaired) electrons. The van der Waals surface area contributed by atoms with Crippen LogP contribution in [0.15, 0.2) is 0 Å². The molecule has 0 atom stereocenters. The molecule has 9 heterocycles. The fraction of sp³-hybridized carbons (Fsp3) is 0.783. The third kappa shape index (κ3) is 50.4. The minimum atomic E-state index is -0.193. The fourth-order valence-corrected chi connectivity index (χ4v) is 15.1. The highest BCUT2D eigenvalue weighted by molar-refractivity contribution is 6.00. The summed E-state index contributed by atoms with van der Waals surface area (Å²) in [6.07, 6.45) is 3.18. The molecule has 9 aliphatic heterocycles. The lowest BCUT2D eigenvalue weighted by Crippen LogP contribution is -2.51. The topological polar surface area (TPSA) is 400 Å². The van der Waals surface area contributed by atoms with Crippen LogP contribution in [0.4, 0.5) is 0 Å². The summed E-state index contributed by atoms with van der Waals surface area (Å²) in [7, 11) is 0. The summed E-state index contributed by atoms with van der Waals surface area (Å²) in [4.78, 5) is 259. The Labute approximate surface area is 774 Å². The molecule has 38 nitrogen and oxygen atoms in total. The van der Waals surface area contributed by atoms with Crippen LogP contribution in [-0.2, 0) is 95.9 Å².